The van der Waals surface area contributed by atoms with Gasteiger partial charge in [0.15, 0.2) is 0 Å². The molecule has 1 saturated carbocycles. The van der Waals surface area contributed by atoms with Crippen LogP contribution in [0.2, 0.25) is 0 Å². The van der Waals surface area contributed by atoms with Gasteiger partial charge in [-0.15, -0.1) is 0 Å². The molecule has 122 valence electrons. The summed E-state index contributed by atoms with van der Waals surface area (Å²) in [7, 11) is 0. The van der Waals surface area contributed by atoms with Crippen LogP contribution < -0.4 is 5.32 Å². The molecule has 0 saturated heterocycles. The van der Waals surface area contributed by atoms with E-state index in [1.165, 1.54) is 12.3 Å². The number of benzene rings is 1. The van der Waals surface area contributed by atoms with E-state index >= 15 is 0 Å². The van der Waals surface area contributed by atoms with Crippen molar-refractivity contribution in [3.05, 3.63) is 41.8 Å². The number of carbonyl (C=O) groups is 1. The van der Waals surface area contributed by atoms with Gasteiger partial charge in [0.1, 0.15) is 5.82 Å². The highest BCUT2D eigenvalue weighted by molar-refractivity contribution is 5.99. The number of aromatic nitrogens is 2. The van der Waals surface area contributed by atoms with Gasteiger partial charge in [-0.1, -0.05) is 31.4 Å². The van der Waals surface area contributed by atoms with Crippen LogP contribution in [0.4, 0.5) is 4.39 Å². The number of amides is 1. The summed E-state index contributed by atoms with van der Waals surface area (Å²) < 4.78 is 13.9. The zero-order valence-corrected chi connectivity index (χ0v) is 12.8. The number of hydrogen-bond acceptors (Lipinski definition) is 3. The monoisotopic (exact) mass is 317 g/mol. The van der Waals surface area contributed by atoms with Crippen molar-refractivity contribution in [2.24, 2.45) is 0 Å². The van der Waals surface area contributed by atoms with Crippen molar-refractivity contribution in [1.82, 2.24) is 15.5 Å². The van der Waals surface area contributed by atoms with Crippen molar-refractivity contribution in [2.45, 2.75) is 37.7 Å². The zero-order valence-electron chi connectivity index (χ0n) is 12.8. The molecule has 2 aromatic rings. The molecule has 3 N–H and O–H groups in total. The second-order valence-electron chi connectivity index (χ2n) is 6.11. The predicted molar refractivity (Wildman–Crippen MR) is 84.3 cm³/mol. The van der Waals surface area contributed by atoms with Gasteiger partial charge in [-0.05, 0) is 25.0 Å². The van der Waals surface area contributed by atoms with Crippen LogP contribution in [-0.2, 0) is 0 Å². The van der Waals surface area contributed by atoms with Gasteiger partial charge < -0.3 is 10.4 Å². The summed E-state index contributed by atoms with van der Waals surface area (Å²) in [6.07, 6.45) is 5.83. The fourth-order valence-corrected chi connectivity index (χ4v) is 3.05. The maximum Gasteiger partial charge on any atom is 0.255 e. The topological polar surface area (TPSA) is 78.0 Å². The van der Waals surface area contributed by atoms with Crippen LogP contribution in [0.1, 0.15) is 42.5 Å². The minimum atomic E-state index is -0.837. The second kappa shape index (κ2) is 6.50. The molecule has 6 heteroatoms. The van der Waals surface area contributed by atoms with Gasteiger partial charge in [0, 0.05) is 12.1 Å². The lowest BCUT2D eigenvalue weighted by atomic mass is 9.85. The molecule has 23 heavy (non-hydrogen) atoms. The number of nitrogens with zero attached hydrogens (tertiary/aromatic N) is 1. The van der Waals surface area contributed by atoms with Crippen LogP contribution in [0.25, 0.3) is 11.3 Å². The Balaban J connectivity index is 1.74. The SMILES string of the molecule is O=C(NCC1(O)CCCCC1)c1cn[nH]c1-c1ccccc1F. The van der Waals surface area contributed by atoms with Gasteiger partial charge in [-0.25, -0.2) is 4.39 Å². The maximum absolute atomic E-state index is 13.9. The number of aliphatic hydroxyl groups is 1. The number of aromatic amines is 1. The lowest BCUT2D eigenvalue weighted by Gasteiger charge is -2.32. The number of carbonyl (C=O) groups excluding carboxylic acids is 1. The molecule has 0 aliphatic heterocycles. The molecule has 5 nitrogen and oxygen atoms in total. The fraction of sp³-hybridized carbons (Fsp3) is 0.412. The second-order valence-corrected chi connectivity index (χ2v) is 6.11. The Morgan fingerprint density at radius 2 is 2.04 bits per heavy atom. The average Bonchev–Trinajstić information content (AvgIpc) is 3.03. The van der Waals surface area contributed by atoms with E-state index in [2.05, 4.69) is 15.5 Å². The van der Waals surface area contributed by atoms with Gasteiger partial charge in [-0.3, -0.25) is 9.89 Å². The van der Waals surface area contributed by atoms with Crippen molar-refractivity contribution in [3.8, 4) is 11.3 Å². The van der Waals surface area contributed by atoms with Crippen LogP contribution in [0.3, 0.4) is 0 Å². The van der Waals surface area contributed by atoms with Gasteiger partial charge in [0.2, 0.25) is 0 Å². The van der Waals surface area contributed by atoms with Crippen molar-refractivity contribution in [1.29, 1.82) is 0 Å². The molecule has 1 aromatic heterocycles. The van der Waals surface area contributed by atoms with Crippen molar-refractivity contribution in [3.63, 3.8) is 0 Å². The summed E-state index contributed by atoms with van der Waals surface area (Å²) in [4.78, 5) is 12.4. The van der Waals surface area contributed by atoms with E-state index in [0.717, 1.165) is 19.3 Å². The van der Waals surface area contributed by atoms with E-state index in [0.29, 0.717) is 24.1 Å². The highest BCUT2D eigenvalue weighted by atomic mass is 19.1. The molecule has 1 fully saturated rings. The van der Waals surface area contributed by atoms with E-state index < -0.39 is 11.4 Å². The van der Waals surface area contributed by atoms with Gasteiger partial charge in [0.05, 0.1) is 23.1 Å². The summed E-state index contributed by atoms with van der Waals surface area (Å²) >= 11 is 0. The van der Waals surface area contributed by atoms with E-state index in [-0.39, 0.29) is 18.0 Å². The molecule has 1 amide bonds. The maximum atomic E-state index is 13.9. The molecule has 0 atom stereocenters. The Bertz CT molecular complexity index is 693. The predicted octanol–water partition coefficient (Wildman–Crippen LogP) is 2.64. The molecule has 0 radical (unpaired) electrons. The first-order valence-electron chi connectivity index (χ1n) is 7.88. The third kappa shape index (κ3) is 3.42. The molecule has 1 aliphatic carbocycles. The molecule has 1 heterocycles. The molecule has 3 rings (SSSR count). The van der Waals surface area contributed by atoms with Crippen LogP contribution in [0, 0.1) is 5.82 Å². The molecular formula is C17H20FN3O2. The molecule has 0 unspecified atom stereocenters. The zero-order chi connectivity index (χ0) is 16.3. The van der Waals surface area contributed by atoms with Crippen LogP contribution >= 0.6 is 0 Å². The molecular weight excluding hydrogens is 297 g/mol. The Hall–Kier alpha value is -2.21. The Labute approximate surface area is 133 Å². The number of rotatable bonds is 4. The Kier molecular flexibility index (Phi) is 4.43. The van der Waals surface area contributed by atoms with Gasteiger partial charge in [0.25, 0.3) is 5.91 Å². The largest absolute Gasteiger partial charge is 0.388 e. The minimum absolute atomic E-state index is 0.202. The van der Waals surface area contributed by atoms with Crippen LogP contribution in [0.5, 0.6) is 0 Å². The number of halogens is 1. The molecule has 0 spiro atoms. The lowest BCUT2D eigenvalue weighted by molar-refractivity contribution is 0.00526. The van der Waals surface area contributed by atoms with E-state index in [1.807, 2.05) is 0 Å². The first-order valence-corrected chi connectivity index (χ1v) is 7.88. The molecule has 1 aliphatic rings. The first kappa shape index (κ1) is 15.7. The quantitative estimate of drug-likeness (QED) is 0.811. The summed E-state index contributed by atoms with van der Waals surface area (Å²) in [6.45, 7) is 0.202. The number of hydrogen-bond donors (Lipinski definition) is 3. The molecule has 0 bridgehead atoms. The Morgan fingerprint density at radius 3 is 2.78 bits per heavy atom. The third-order valence-electron chi connectivity index (χ3n) is 4.39. The third-order valence-corrected chi connectivity index (χ3v) is 4.39. The molecule has 1 aromatic carbocycles. The normalized spacial score (nSPS) is 17.0. The standard InChI is InChI=1S/C17H20FN3O2/c18-14-7-3-2-6-12(14)15-13(10-20-21-15)16(22)19-11-17(23)8-4-1-5-9-17/h2-3,6-7,10,23H,1,4-5,8-9,11H2,(H,19,22)(H,20,21). The van der Waals surface area contributed by atoms with E-state index in [4.69, 9.17) is 0 Å². The van der Waals surface area contributed by atoms with Crippen molar-refractivity contribution in [2.75, 3.05) is 6.54 Å². The van der Waals surface area contributed by atoms with Crippen molar-refractivity contribution >= 4 is 5.91 Å². The van der Waals surface area contributed by atoms with Gasteiger partial charge in [-0.2, -0.15) is 5.10 Å². The summed E-state index contributed by atoms with van der Waals surface area (Å²) in [5.41, 5.74) is 0.0766. The lowest BCUT2D eigenvalue weighted by Crippen LogP contribution is -2.44. The van der Waals surface area contributed by atoms with Gasteiger partial charge >= 0.3 is 0 Å². The summed E-state index contributed by atoms with van der Waals surface area (Å²) in [6, 6.07) is 6.22. The number of H-pyrrole nitrogens is 1. The van der Waals surface area contributed by atoms with Crippen LogP contribution in [0.15, 0.2) is 30.5 Å². The van der Waals surface area contributed by atoms with Crippen molar-refractivity contribution < 1.29 is 14.3 Å². The summed E-state index contributed by atoms with van der Waals surface area (Å²) in [5.74, 6) is -0.785. The smallest absolute Gasteiger partial charge is 0.255 e. The fourth-order valence-electron chi connectivity index (χ4n) is 3.05. The Morgan fingerprint density at radius 1 is 1.30 bits per heavy atom. The van der Waals surface area contributed by atoms with E-state index in [1.54, 1.807) is 18.2 Å². The number of nitrogens with one attached hydrogen (secondary N) is 2. The van der Waals surface area contributed by atoms with E-state index in [9.17, 15) is 14.3 Å². The minimum Gasteiger partial charge on any atom is -0.388 e. The average molecular weight is 317 g/mol. The van der Waals surface area contributed by atoms with Crippen LogP contribution in [-0.4, -0.2) is 33.4 Å². The first-order chi connectivity index (χ1) is 11.1. The highest BCUT2D eigenvalue weighted by Gasteiger charge is 2.30. The summed E-state index contributed by atoms with van der Waals surface area (Å²) in [5, 5.41) is 19.7. The highest BCUT2D eigenvalue weighted by Crippen LogP contribution is 2.28.